The van der Waals surface area contributed by atoms with Crippen LogP contribution in [0.1, 0.15) is 26.2 Å². The maximum atomic E-state index is 3.98. The van der Waals surface area contributed by atoms with E-state index in [2.05, 4.69) is 31.7 Å². The average Bonchev–Trinajstić information content (AvgIpc) is 2.05. The van der Waals surface area contributed by atoms with E-state index in [1.807, 2.05) is 0 Å². The predicted octanol–water partition coefficient (Wildman–Crippen LogP) is 3.23. The van der Waals surface area contributed by atoms with Crippen LogP contribution in [0.4, 0.5) is 0 Å². The first-order valence-corrected chi connectivity index (χ1v) is 3.89. The summed E-state index contributed by atoms with van der Waals surface area (Å²) in [6.07, 6.45) is 10.1. The molecule has 0 heterocycles. The van der Waals surface area contributed by atoms with Crippen molar-refractivity contribution in [2.24, 2.45) is 0 Å². The topological polar surface area (TPSA) is 0 Å². The molecule has 0 atom stereocenters. The van der Waals surface area contributed by atoms with Crippen molar-refractivity contribution < 1.29 is 0 Å². The van der Waals surface area contributed by atoms with Crippen LogP contribution >= 0.6 is 0 Å². The van der Waals surface area contributed by atoms with Crippen molar-refractivity contribution in [3.05, 3.63) is 36.0 Å². The lowest BCUT2D eigenvalue weighted by Gasteiger charge is -2.06. The highest BCUT2D eigenvalue weighted by molar-refractivity contribution is 5.39. The smallest absolute Gasteiger partial charge is 0.0274 e. The first-order valence-electron chi connectivity index (χ1n) is 3.89. The zero-order valence-corrected chi connectivity index (χ0v) is 6.56. The Balaban J connectivity index is 2.63. The summed E-state index contributed by atoms with van der Waals surface area (Å²) in [6, 6.07) is 0. The minimum atomic E-state index is 1.07. The van der Waals surface area contributed by atoms with E-state index >= 15 is 0 Å². The lowest BCUT2D eigenvalue weighted by molar-refractivity contribution is 1.00. The highest BCUT2D eigenvalue weighted by Crippen LogP contribution is 2.18. The van der Waals surface area contributed by atoms with E-state index in [0.717, 1.165) is 6.42 Å². The molecule has 0 saturated carbocycles. The number of hydrogen-bond donors (Lipinski definition) is 0. The van der Waals surface area contributed by atoms with E-state index in [9.17, 15) is 0 Å². The van der Waals surface area contributed by atoms with Crippen LogP contribution < -0.4 is 0 Å². The third-order valence-electron chi connectivity index (χ3n) is 1.83. The van der Waals surface area contributed by atoms with Crippen LogP contribution in [0.5, 0.6) is 0 Å². The van der Waals surface area contributed by atoms with E-state index in [1.165, 1.54) is 24.0 Å². The number of hydrogen-bond acceptors (Lipinski definition) is 0. The minimum absolute atomic E-state index is 1.07. The Morgan fingerprint density at radius 2 is 2.40 bits per heavy atom. The second kappa shape index (κ2) is 3.40. The molecule has 0 saturated heterocycles. The monoisotopic (exact) mass is 134 g/mol. The van der Waals surface area contributed by atoms with Crippen LogP contribution in [0.15, 0.2) is 36.0 Å². The largest absolute Gasteiger partial charge is 0.0953 e. The quantitative estimate of drug-likeness (QED) is 0.544. The fraction of sp³-hybridized carbons (Fsp3) is 0.400. The van der Waals surface area contributed by atoms with Crippen LogP contribution in [-0.2, 0) is 0 Å². The van der Waals surface area contributed by atoms with Gasteiger partial charge in [-0.3, -0.25) is 0 Å². The van der Waals surface area contributed by atoms with Gasteiger partial charge in [0.25, 0.3) is 0 Å². The van der Waals surface area contributed by atoms with E-state index in [0.29, 0.717) is 0 Å². The van der Waals surface area contributed by atoms with Crippen molar-refractivity contribution in [3.63, 3.8) is 0 Å². The van der Waals surface area contributed by atoms with Gasteiger partial charge in [0.05, 0.1) is 0 Å². The molecule has 1 aliphatic carbocycles. The van der Waals surface area contributed by atoms with Crippen molar-refractivity contribution in [2.45, 2.75) is 26.2 Å². The normalized spacial score (nSPS) is 16.7. The molecule has 1 rings (SSSR count). The lowest BCUT2D eigenvalue weighted by atomic mass is 9.99. The molecule has 0 N–H and O–H groups in total. The molecule has 0 heteroatoms. The molecule has 0 aromatic rings. The summed E-state index contributed by atoms with van der Waals surface area (Å²) in [6.45, 7) is 6.12. The van der Waals surface area contributed by atoms with E-state index < -0.39 is 0 Å². The molecule has 1 aliphatic rings. The Morgan fingerprint density at radius 3 is 2.90 bits per heavy atom. The summed E-state index contributed by atoms with van der Waals surface area (Å²) in [4.78, 5) is 0. The van der Waals surface area contributed by atoms with Crippen LogP contribution in [-0.4, -0.2) is 0 Å². The summed E-state index contributed by atoms with van der Waals surface area (Å²) in [7, 11) is 0. The molecule has 0 fully saturated rings. The molecule has 10 heavy (non-hydrogen) atoms. The van der Waals surface area contributed by atoms with Crippen molar-refractivity contribution in [1.82, 2.24) is 0 Å². The van der Waals surface area contributed by atoms with Gasteiger partial charge in [0.1, 0.15) is 0 Å². The summed E-state index contributed by atoms with van der Waals surface area (Å²) in [5.74, 6) is 0. The summed E-state index contributed by atoms with van der Waals surface area (Å²) in [5, 5.41) is 0. The van der Waals surface area contributed by atoms with Crippen molar-refractivity contribution >= 4 is 0 Å². The molecule has 0 radical (unpaired) electrons. The zero-order chi connectivity index (χ0) is 7.40. The molecule has 0 spiro atoms. The van der Waals surface area contributed by atoms with Crippen molar-refractivity contribution in [2.75, 3.05) is 0 Å². The molecule has 0 aromatic heterocycles. The lowest BCUT2D eigenvalue weighted by Crippen LogP contribution is -1.87. The Hall–Kier alpha value is -0.780. The van der Waals surface area contributed by atoms with Gasteiger partial charge < -0.3 is 0 Å². The van der Waals surface area contributed by atoms with Gasteiger partial charge in [-0.05, 0) is 30.4 Å². The second-order valence-electron chi connectivity index (χ2n) is 2.60. The highest BCUT2D eigenvalue weighted by Gasteiger charge is 1.98. The van der Waals surface area contributed by atoms with Gasteiger partial charge >= 0.3 is 0 Å². The Bertz CT molecular complexity index is 182. The van der Waals surface area contributed by atoms with Gasteiger partial charge in [0, 0.05) is 0 Å². The third-order valence-corrected chi connectivity index (χ3v) is 1.83. The van der Waals surface area contributed by atoms with E-state index in [-0.39, 0.29) is 0 Å². The molecular formula is C10H14. The third kappa shape index (κ3) is 1.60. The summed E-state index contributed by atoms with van der Waals surface area (Å²) < 4.78 is 0. The van der Waals surface area contributed by atoms with Gasteiger partial charge in [-0.15, -0.1) is 0 Å². The highest BCUT2D eigenvalue weighted by atomic mass is 14.0. The standard InChI is InChI=1S/C10H14/c1-3-9(2)10-7-5-4-6-8-10/h5,7-8H,2-4,6H2,1H3. The van der Waals surface area contributed by atoms with Gasteiger partial charge in [-0.1, -0.05) is 31.7 Å². The van der Waals surface area contributed by atoms with Gasteiger partial charge in [0.2, 0.25) is 0 Å². The maximum Gasteiger partial charge on any atom is -0.0274 e. The van der Waals surface area contributed by atoms with Crippen LogP contribution in [0.2, 0.25) is 0 Å². The second-order valence-corrected chi connectivity index (χ2v) is 2.60. The summed E-state index contributed by atoms with van der Waals surface area (Å²) in [5.41, 5.74) is 2.60. The first-order chi connectivity index (χ1) is 4.84. The molecule has 54 valence electrons. The molecule has 0 aromatic carbocycles. The van der Waals surface area contributed by atoms with Crippen molar-refractivity contribution in [3.8, 4) is 0 Å². The fourth-order valence-electron chi connectivity index (χ4n) is 1.08. The Labute approximate surface area is 62.9 Å². The predicted molar refractivity (Wildman–Crippen MR) is 45.9 cm³/mol. The fourth-order valence-corrected chi connectivity index (χ4v) is 1.08. The first kappa shape index (κ1) is 7.33. The van der Waals surface area contributed by atoms with Gasteiger partial charge in [-0.25, -0.2) is 0 Å². The SMILES string of the molecule is C=C(CC)C1=CCCC=C1. The zero-order valence-electron chi connectivity index (χ0n) is 6.56. The number of allylic oxidation sites excluding steroid dienone is 5. The molecule has 0 nitrogen and oxygen atoms in total. The maximum absolute atomic E-state index is 3.98. The minimum Gasteiger partial charge on any atom is -0.0953 e. The van der Waals surface area contributed by atoms with E-state index in [4.69, 9.17) is 0 Å². The molecule has 0 bridgehead atoms. The molecule has 0 unspecified atom stereocenters. The molecular weight excluding hydrogens is 120 g/mol. The van der Waals surface area contributed by atoms with Gasteiger partial charge in [0.15, 0.2) is 0 Å². The van der Waals surface area contributed by atoms with Crippen LogP contribution in [0, 0.1) is 0 Å². The van der Waals surface area contributed by atoms with Gasteiger partial charge in [-0.2, -0.15) is 0 Å². The van der Waals surface area contributed by atoms with Crippen molar-refractivity contribution in [1.29, 1.82) is 0 Å². The van der Waals surface area contributed by atoms with Crippen LogP contribution in [0.3, 0.4) is 0 Å². The molecule has 0 amide bonds. The average molecular weight is 134 g/mol. The summed E-state index contributed by atoms with van der Waals surface area (Å²) >= 11 is 0. The van der Waals surface area contributed by atoms with E-state index in [1.54, 1.807) is 0 Å². The Morgan fingerprint density at radius 1 is 1.60 bits per heavy atom. The van der Waals surface area contributed by atoms with Crippen LogP contribution in [0.25, 0.3) is 0 Å². The molecule has 0 aliphatic heterocycles. The Kier molecular flexibility index (Phi) is 2.49. The number of rotatable bonds is 2.